The van der Waals surface area contributed by atoms with Gasteiger partial charge in [0, 0.05) is 6.42 Å². The van der Waals surface area contributed by atoms with Crippen LogP contribution in [0, 0.1) is 16.7 Å². The fourth-order valence-corrected chi connectivity index (χ4v) is 2.54. The van der Waals surface area contributed by atoms with E-state index in [2.05, 4.69) is 48.5 Å². The maximum absolute atomic E-state index is 12.9. The Balaban J connectivity index is 5.02. The molecule has 0 aromatic rings. The average molecular weight is 343 g/mol. The van der Waals surface area contributed by atoms with Crippen LogP contribution in [0.5, 0.6) is 0 Å². The van der Waals surface area contributed by atoms with E-state index in [1.165, 1.54) is 0 Å². The Kier molecular flexibility index (Phi) is 8.01. The monoisotopic (exact) mass is 342 g/mol. The van der Waals surface area contributed by atoms with E-state index >= 15 is 0 Å². The fourth-order valence-electron chi connectivity index (χ4n) is 2.54. The van der Waals surface area contributed by atoms with Gasteiger partial charge in [0.1, 0.15) is 5.60 Å². The van der Waals surface area contributed by atoms with Crippen LogP contribution in [0.1, 0.15) is 95.4 Å². The van der Waals surface area contributed by atoms with Crippen LogP contribution in [0.2, 0.25) is 0 Å². The summed E-state index contributed by atoms with van der Waals surface area (Å²) in [6.07, 6.45) is 2.34. The highest BCUT2D eigenvalue weighted by Crippen LogP contribution is 2.38. The normalized spacial score (nSPS) is 17.3. The summed E-state index contributed by atoms with van der Waals surface area (Å²) >= 11 is 0. The van der Waals surface area contributed by atoms with E-state index in [0.717, 1.165) is 19.3 Å². The molecule has 0 aliphatic carbocycles. The molecule has 0 N–H and O–H groups in total. The highest BCUT2D eigenvalue weighted by Gasteiger charge is 2.39. The van der Waals surface area contributed by atoms with Crippen LogP contribution >= 0.6 is 0 Å². The van der Waals surface area contributed by atoms with Crippen molar-refractivity contribution in [3.8, 4) is 0 Å². The number of hydrogen-bond donors (Lipinski definition) is 0. The van der Waals surface area contributed by atoms with Crippen molar-refractivity contribution in [1.29, 1.82) is 0 Å². The molecule has 0 fully saturated rings. The number of hydrogen-bond acceptors (Lipinski definition) is 3. The Morgan fingerprint density at radius 1 is 0.917 bits per heavy atom. The molecule has 0 aromatic heterocycles. The Hall–Kier alpha value is -0.570. The number of ether oxygens (including phenoxy) is 2. The van der Waals surface area contributed by atoms with Gasteiger partial charge in [-0.25, -0.2) is 0 Å². The molecule has 24 heavy (non-hydrogen) atoms. The molecule has 0 saturated carbocycles. The van der Waals surface area contributed by atoms with Crippen LogP contribution in [-0.2, 0) is 14.3 Å². The summed E-state index contributed by atoms with van der Waals surface area (Å²) in [6.45, 7) is 23.7. The van der Waals surface area contributed by atoms with Gasteiger partial charge in [-0.15, -0.1) is 0 Å². The Morgan fingerprint density at radius 3 is 1.75 bits per heavy atom. The van der Waals surface area contributed by atoms with E-state index in [9.17, 15) is 4.79 Å². The predicted octanol–water partition coefficient (Wildman–Crippen LogP) is 6.00. The van der Waals surface area contributed by atoms with Gasteiger partial charge in [0.15, 0.2) is 0 Å². The first-order valence-electron chi connectivity index (χ1n) is 9.36. The number of rotatable bonds is 7. The van der Waals surface area contributed by atoms with Crippen LogP contribution in [0.3, 0.4) is 0 Å². The van der Waals surface area contributed by atoms with Crippen LogP contribution < -0.4 is 0 Å². The van der Waals surface area contributed by atoms with Crippen molar-refractivity contribution in [3.05, 3.63) is 0 Å². The van der Waals surface area contributed by atoms with Gasteiger partial charge in [0.25, 0.3) is 0 Å². The molecule has 3 heteroatoms. The third-order valence-corrected chi connectivity index (χ3v) is 4.41. The van der Waals surface area contributed by atoms with Gasteiger partial charge < -0.3 is 9.47 Å². The number of carbonyl (C=O) groups is 1. The molecule has 0 radical (unpaired) electrons. The van der Waals surface area contributed by atoms with E-state index in [1.807, 2.05) is 27.7 Å². The largest absolute Gasteiger partial charge is 0.459 e. The van der Waals surface area contributed by atoms with Crippen molar-refractivity contribution in [2.45, 2.75) is 107 Å². The van der Waals surface area contributed by atoms with Crippen molar-refractivity contribution in [2.75, 3.05) is 6.61 Å². The highest BCUT2D eigenvalue weighted by atomic mass is 16.6. The van der Waals surface area contributed by atoms with E-state index in [1.54, 1.807) is 0 Å². The van der Waals surface area contributed by atoms with Gasteiger partial charge in [0.2, 0.25) is 0 Å². The smallest absolute Gasteiger partial charge is 0.310 e. The molecule has 0 bridgehead atoms. The molecule has 2 unspecified atom stereocenters. The van der Waals surface area contributed by atoms with Gasteiger partial charge in [0.05, 0.1) is 18.1 Å². The van der Waals surface area contributed by atoms with Crippen LogP contribution in [-0.4, -0.2) is 23.8 Å². The summed E-state index contributed by atoms with van der Waals surface area (Å²) in [5, 5.41) is 0. The second kappa shape index (κ2) is 8.21. The topological polar surface area (TPSA) is 35.5 Å². The molecule has 0 amide bonds. The first-order chi connectivity index (χ1) is 10.5. The SMILES string of the molecule is CCC(C)(CCOC(C)(C)C)OC(=O)C(CC(C)(C)C)C(C)(C)C. The molecule has 0 aliphatic rings. The fraction of sp³-hybridized carbons (Fsp3) is 0.952. The van der Waals surface area contributed by atoms with E-state index in [0.29, 0.717) is 6.61 Å². The maximum atomic E-state index is 12.9. The number of esters is 1. The standard InChI is InChI=1S/C21H42O3/c1-12-21(11,13-14-23-20(8,9)10)24-17(22)16(19(5,6)7)15-18(2,3)4/h16H,12-15H2,1-11H3. The molecule has 3 nitrogen and oxygen atoms in total. The molecule has 144 valence electrons. The first-order valence-corrected chi connectivity index (χ1v) is 9.36. The Labute approximate surface area is 150 Å². The molecule has 0 heterocycles. The number of carbonyl (C=O) groups excluding carboxylic acids is 1. The Bertz CT molecular complexity index is 393. The molecule has 0 saturated heterocycles. The lowest BCUT2D eigenvalue weighted by Crippen LogP contribution is -2.40. The van der Waals surface area contributed by atoms with Crippen molar-refractivity contribution in [1.82, 2.24) is 0 Å². The minimum absolute atomic E-state index is 0.0717. The summed E-state index contributed by atoms with van der Waals surface area (Å²) in [5.74, 6) is -0.176. The lowest BCUT2D eigenvalue weighted by Gasteiger charge is -2.37. The first kappa shape index (κ1) is 23.4. The molecule has 0 aromatic carbocycles. The third kappa shape index (κ3) is 9.66. The van der Waals surface area contributed by atoms with Crippen LogP contribution in [0.25, 0.3) is 0 Å². The van der Waals surface area contributed by atoms with Crippen molar-refractivity contribution < 1.29 is 14.3 Å². The summed E-state index contributed by atoms with van der Waals surface area (Å²) in [7, 11) is 0. The highest BCUT2D eigenvalue weighted by molar-refractivity contribution is 5.73. The van der Waals surface area contributed by atoms with Gasteiger partial charge in [-0.1, -0.05) is 48.5 Å². The van der Waals surface area contributed by atoms with Gasteiger partial charge in [-0.2, -0.15) is 0 Å². The average Bonchev–Trinajstić information content (AvgIpc) is 2.31. The summed E-state index contributed by atoms with van der Waals surface area (Å²) in [4.78, 5) is 12.9. The quantitative estimate of drug-likeness (QED) is 0.532. The van der Waals surface area contributed by atoms with Gasteiger partial charge >= 0.3 is 5.97 Å². The van der Waals surface area contributed by atoms with Gasteiger partial charge in [-0.3, -0.25) is 4.79 Å². The minimum Gasteiger partial charge on any atom is -0.459 e. The lowest BCUT2D eigenvalue weighted by molar-refractivity contribution is -0.171. The minimum atomic E-state index is -0.469. The maximum Gasteiger partial charge on any atom is 0.310 e. The van der Waals surface area contributed by atoms with E-state index in [-0.39, 0.29) is 28.3 Å². The summed E-state index contributed by atoms with van der Waals surface area (Å²) in [5.41, 5.74) is -0.654. The zero-order valence-corrected chi connectivity index (χ0v) is 18.1. The van der Waals surface area contributed by atoms with E-state index < -0.39 is 5.60 Å². The summed E-state index contributed by atoms with van der Waals surface area (Å²) < 4.78 is 11.8. The third-order valence-electron chi connectivity index (χ3n) is 4.41. The molecule has 0 spiro atoms. The van der Waals surface area contributed by atoms with Gasteiger partial charge in [-0.05, 0) is 51.4 Å². The molecule has 0 aliphatic heterocycles. The molecular weight excluding hydrogens is 300 g/mol. The lowest BCUT2D eigenvalue weighted by atomic mass is 9.72. The zero-order valence-electron chi connectivity index (χ0n) is 18.1. The second-order valence-electron chi connectivity index (χ2n) is 10.6. The van der Waals surface area contributed by atoms with Crippen LogP contribution in [0.15, 0.2) is 0 Å². The van der Waals surface area contributed by atoms with Crippen molar-refractivity contribution in [3.63, 3.8) is 0 Å². The van der Waals surface area contributed by atoms with Crippen molar-refractivity contribution >= 4 is 5.97 Å². The predicted molar refractivity (Wildman–Crippen MR) is 102 cm³/mol. The zero-order chi connectivity index (χ0) is 19.4. The molecule has 0 rings (SSSR count). The van der Waals surface area contributed by atoms with Crippen LogP contribution in [0.4, 0.5) is 0 Å². The molecule has 2 atom stereocenters. The Morgan fingerprint density at radius 2 is 1.42 bits per heavy atom. The molecular formula is C21H42O3. The van der Waals surface area contributed by atoms with E-state index in [4.69, 9.17) is 9.47 Å². The summed E-state index contributed by atoms with van der Waals surface area (Å²) in [6, 6.07) is 0. The second-order valence-corrected chi connectivity index (χ2v) is 10.6. The van der Waals surface area contributed by atoms with Crippen molar-refractivity contribution in [2.24, 2.45) is 16.7 Å².